The minimum Gasteiger partial charge on any atom is -0.203 e. The molecular formula is C18H11F2Re-. The zero-order chi connectivity index (χ0) is 13.9. The fourth-order valence-corrected chi connectivity index (χ4v) is 2.18. The van der Waals surface area contributed by atoms with E-state index in [9.17, 15) is 8.78 Å². The smallest absolute Gasteiger partial charge is 0.167 e. The van der Waals surface area contributed by atoms with Crippen molar-refractivity contribution in [2.24, 2.45) is 0 Å². The largest absolute Gasteiger partial charge is 0.203 e. The summed E-state index contributed by atoms with van der Waals surface area (Å²) >= 11 is 0. The molecule has 0 aliphatic carbocycles. The summed E-state index contributed by atoms with van der Waals surface area (Å²) in [5, 5.41) is 0. The van der Waals surface area contributed by atoms with Crippen molar-refractivity contribution in [3.05, 3.63) is 84.4 Å². The van der Waals surface area contributed by atoms with Crippen LogP contribution in [0.25, 0.3) is 22.3 Å². The molecule has 21 heavy (non-hydrogen) atoms. The molecule has 3 heteroatoms. The first-order valence-electron chi connectivity index (χ1n) is 6.27. The fraction of sp³-hybridized carbons (Fsp3) is 0. The van der Waals surface area contributed by atoms with Crippen LogP contribution in [-0.2, 0) is 20.4 Å². The van der Waals surface area contributed by atoms with Gasteiger partial charge in [-0.1, -0.05) is 42.5 Å². The third-order valence-corrected chi connectivity index (χ3v) is 3.20. The van der Waals surface area contributed by atoms with Crippen LogP contribution in [0.15, 0.2) is 66.7 Å². The molecule has 0 saturated carbocycles. The zero-order valence-electron chi connectivity index (χ0n) is 11.0. The second-order valence-corrected chi connectivity index (χ2v) is 4.44. The van der Waals surface area contributed by atoms with Gasteiger partial charge in [0.25, 0.3) is 0 Å². The summed E-state index contributed by atoms with van der Waals surface area (Å²) in [5.74, 6) is -1.64. The molecule has 0 spiro atoms. The van der Waals surface area contributed by atoms with Crippen LogP contribution in [-0.4, -0.2) is 0 Å². The van der Waals surface area contributed by atoms with Crippen LogP contribution >= 0.6 is 0 Å². The van der Waals surface area contributed by atoms with Gasteiger partial charge >= 0.3 is 0 Å². The van der Waals surface area contributed by atoms with Gasteiger partial charge in [0.15, 0.2) is 11.6 Å². The number of benzene rings is 3. The molecule has 3 aromatic carbocycles. The third kappa shape index (κ3) is 3.10. The van der Waals surface area contributed by atoms with E-state index in [1.165, 1.54) is 0 Å². The second-order valence-electron chi connectivity index (χ2n) is 4.44. The Morgan fingerprint density at radius 3 is 1.62 bits per heavy atom. The quantitative estimate of drug-likeness (QED) is 0.476. The SMILES string of the molecule is Fc1c(-c2cc[c-]cc2)ccc(-c2ccccc2)c1F.[Re]. The van der Waals surface area contributed by atoms with Gasteiger partial charge in [-0.3, -0.25) is 0 Å². The van der Waals surface area contributed by atoms with E-state index in [2.05, 4.69) is 6.07 Å². The van der Waals surface area contributed by atoms with E-state index in [0.717, 1.165) is 0 Å². The Morgan fingerprint density at radius 1 is 0.619 bits per heavy atom. The molecular weight excluding hydrogens is 440 g/mol. The number of halogens is 2. The van der Waals surface area contributed by atoms with Gasteiger partial charge in [0.2, 0.25) is 0 Å². The van der Waals surface area contributed by atoms with Crippen molar-refractivity contribution in [3.8, 4) is 22.3 Å². The summed E-state index contributed by atoms with van der Waals surface area (Å²) in [6, 6.07) is 21.8. The van der Waals surface area contributed by atoms with Crippen molar-refractivity contribution in [1.29, 1.82) is 0 Å². The van der Waals surface area contributed by atoms with Gasteiger partial charge in [-0.15, -0.1) is 5.56 Å². The number of hydrogen-bond donors (Lipinski definition) is 0. The summed E-state index contributed by atoms with van der Waals surface area (Å²) in [6.45, 7) is 0. The normalized spacial score (nSPS) is 10.0. The van der Waals surface area contributed by atoms with Crippen molar-refractivity contribution < 1.29 is 29.2 Å². The van der Waals surface area contributed by atoms with E-state index in [1.54, 1.807) is 60.7 Å². The van der Waals surface area contributed by atoms with E-state index in [4.69, 9.17) is 0 Å². The van der Waals surface area contributed by atoms with Crippen molar-refractivity contribution >= 4 is 0 Å². The molecule has 1 radical (unpaired) electrons. The van der Waals surface area contributed by atoms with Crippen LogP contribution in [0.2, 0.25) is 0 Å². The second kappa shape index (κ2) is 6.76. The first-order chi connectivity index (χ1) is 9.77. The Balaban J connectivity index is 0.00000161. The van der Waals surface area contributed by atoms with Gasteiger partial charge in [0, 0.05) is 26.0 Å². The Kier molecular flexibility index (Phi) is 5.01. The van der Waals surface area contributed by atoms with Gasteiger partial charge in [0.1, 0.15) is 0 Å². The molecule has 0 amide bonds. The van der Waals surface area contributed by atoms with Gasteiger partial charge in [0.05, 0.1) is 0 Å². The van der Waals surface area contributed by atoms with Gasteiger partial charge < -0.3 is 0 Å². The molecule has 0 heterocycles. The average molecular weight is 451 g/mol. The van der Waals surface area contributed by atoms with Crippen LogP contribution < -0.4 is 0 Å². The van der Waals surface area contributed by atoms with E-state index >= 15 is 0 Å². The molecule has 0 nitrogen and oxygen atoms in total. The van der Waals surface area contributed by atoms with Gasteiger partial charge in [-0.05, 0) is 11.1 Å². The molecule has 0 aromatic heterocycles. The van der Waals surface area contributed by atoms with E-state index in [-0.39, 0.29) is 31.5 Å². The van der Waals surface area contributed by atoms with Crippen molar-refractivity contribution in [2.75, 3.05) is 0 Å². The van der Waals surface area contributed by atoms with Gasteiger partial charge in [-0.25, -0.2) is 8.78 Å². The first kappa shape index (κ1) is 15.6. The van der Waals surface area contributed by atoms with Crippen molar-refractivity contribution in [1.82, 2.24) is 0 Å². The van der Waals surface area contributed by atoms with Crippen LogP contribution in [0, 0.1) is 17.7 Å². The van der Waals surface area contributed by atoms with Crippen LogP contribution in [0.5, 0.6) is 0 Å². The summed E-state index contributed by atoms with van der Waals surface area (Å²) in [6.07, 6.45) is 0. The zero-order valence-corrected chi connectivity index (χ0v) is 13.7. The molecule has 0 atom stereocenters. The predicted octanol–water partition coefficient (Wildman–Crippen LogP) is 5.10. The molecule has 0 aliphatic rings. The maximum Gasteiger partial charge on any atom is 0.167 e. The third-order valence-electron chi connectivity index (χ3n) is 3.20. The summed E-state index contributed by atoms with van der Waals surface area (Å²) < 4.78 is 28.5. The van der Waals surface area contributed by atoms with Crippen molar-refractivity contribution in [3.63, 3.8) is 0 Å². The maximum atomic E-state index is 14.3. The van der Waals surface area contributed by atoms with E-state index in [1.807, 2.05) is 6.07 Å². The molecule has 3 aromatic rings. The molecule has 0 aliphatic heterocycles. The Morgan fingerprint density at radius 2 is 1.10 bits per heavy atom. The average Bonchev–Trinajstić information content (AvgIpc) is 2.52. The fourth-order valence-electron chi connectivity index (χ4n) is 2.18. The van der Waals surface area contributed by atoms with E-state index < -0.39 is 11.6 Å². The topological polar surface area (TPSA) is 0 Å². The van der Waals surface area contributed by atoms with Crippen LogP contribution in [0.1, 0.15) is 0 Å². The monoisotopic (exact) mass is 452 g/mol. The Labute approximate surface area is 136 Å². The van der Waals surface area contributed by atoms with Crippen LogP contribution in [0.4, 0.5) is 8.78 Å². The first-order valence-corrected chi connectivity index (χ1v) is 6.27. The molecule has 0 unspecified atom stereocenters. The summed E-state index contributed by atoms with van der Waals surface area (Å²) in [7, 11) is 0. The molecule has 0 N–H and O–H groups in total. The maximum absolute atomic E-state index is 14.3. The Bertz CT molecular complexity index is 660. The predicted molar refractivity (Wildman–Crippen MR) is 76.1 cm³/mol. The minimum absolute atomic E-state index is 0. The standard InChI is InChI=1S/C18H11F2.Re/c19-17-15(13-7-3-1-4-8-13)11-12-16(18(17)20)14-9-5-2-6-10-14;/h1,3-12H;/q-1;. The van der Waals surface area contributed by atoms with E-state index in [0.29, 0.717) is 11.1 Å². The van der Waals surface area contributed by atoms with Crippen molar-refractivity contribution in [2.45, 2.75) is 0 Å². The van der Waals surface area contributed by atoms with Crippen LogP contribution in [0.3, 0.4) is 0 Å². The van der Waals surface area contributed by atoms with Gasteiger partial charge in [-0.2, -0.15) is 30.3 Å². The number of rotatable bonds is 2. The Hall–Kier alpha value is -1.82. The molecule has 3 rings (SSSR count). The number of hydrogen-bond acceptors (Lipinski definition) is 0. The minimum atomic E-state index is -0.822. The molecule has 0 fully saturated rings. The summed E-state index contributed by atoms with van der Waals surface area (Å²) in [4.78, 5) is 0. The summed E-state index contributed by atoms with van der Waals surface area (Å²) in [5.41, 5.74) is 1.84. The molecule has 0 saturated heterocycles. The molecule has 0 bridgehead atoms. The molecule has 105 valence electrons.